The molecule has 0 spiro atoms. The van der Waals surface area contributed by atoms with Gasteiger partial charge in [0.25, 0.3) is 0 Å². The average molecular weight is 240 g/mol. The van der Waals surface area contributed by atoms with Gasteiger partial charge in [0, 0.05) is 29.2 Å². The molecule has 0 atom stereocenters. The van der Waals surface area contributed by atoms with Gasteiger partial charge in [0.2, 0.25) is 0 Å². The van der Waals surface area contributed by atoms with Crippen molar-refractivity contribution in [1.82, 2.24) is 14.9 Å². The number of hydrogen-bond acceptors (Lipinski definition) is 6. The molecule has 0 radical (unpaired) electrons. The maximum absolute atomic E-state index is 5.57. The van der Waals surface area contributed by atoms with Gasteiger partial charge in [-0.1, -0.05) is 0 Å². The Morgan fingerprint density at radius 3 is 2.87 bits per heavy atom. The van der Waals surface area contributed by atoms with Gasteiger partial charge in [-0.05, 0) is 7.05 Å². The Bertz CT molecular complexity index is 409. The number of anilines is 1. The molecule has 0 unspecified atom stereocenters. The Balaban J connectivity index is 1.90. The van der Waals surface area contributed by atoms with Gasteiger partial charge in [-0.15, -0.1) is 22.7 Å². The Morgan fingerprint density at radius 1 is 1.40 bits per heavy atom. The Kier molecular flexibility index (Phi) is 3.30. The summed E-state index contributed by atoms with van der Waals surface area (Å²) in [5.74, 6) is 0. The lowest BCUT2D eigenvalue weighted by atomic mass is 10.5. The summed E-state index contributed by atoms with van der Waals surface area (Å²) in [6, 6.07) is 0. The van der Waals surface area contributed by atoms with E-state index >= 15 is 0 Å². The highest BCUT2D eigenvalue weighted by atomic mass is 32.1. The molecule has 2 aromatic heterocycles. The van der Waals surface area contributed by atoms with Gasteiger partial charge in [0.05, 0.1) is 6.54 Å². The summed E-state index contributed by atoms with van der Waals surface area (Å²) >= 11 is 3.21. The molecule has 0 saturated carbocycles. The van der Waals surface area contributed by atoms with Gasteiger partial charge in [-0.25, -0.2) is 9.97 Å². The fraction of sp³-hybridized carbons (Fsp3) is 0.333. The molecule has 4 nitrogen and oxygen atoms in total. The summed E-state index contributed by atoms with van der Waals surface area (Å²) < 4.78 is 0. The number of nitrogens with zero attached hydrogens (tertiary/aromatic N) is 3. The average Bonchev–Trinajstić information content (AvgIpc) is 2.77. The third kappa shape index (κ3) is 2.98. The normalized spacial score (nSPS) is 11.1. The zero-order valence-electron chi connectivity index (χ0n) is 8.38. The summed E-state index contributed by atoms with van der Waals surface area (Å²) in [5, 5.41) is 3.76. The van der Waals surface area contributed by atoms with Crippen molar-refractivity contribution in [2.24, 2.45) is 0 Å². The molecular formula is C9H12N4S2. The minimum Gasteiger partial charge on any atom is -0.375 e. The molecule has 0 fully saturated rings. The monoisotopic (exact) mass is 240 g/mol. The lowest BCUT2D eigenvalue weighted by Crippen LogP contribution is -2.16. The van der Waals surface area contributed by atoms with E-state index in [0.29, 0.717) is 5.13 Å². The first kappa shape index (κ1) is 10.5. The predicted octanol–water partition coefficient (Wildman–Crippen LogP) is 1.81. The summed E-state index contributed by atoms with van der Waals surface area (Å²) in [7, 11) is 2.07. The van der Waals surface area contributed by atoms with E-state index in [-0.39, 0.29) is 0 Å². The van der Waals surface area contributed by atoms with Crippen molar-refractivity contribution >= 4 is 27.8 Å². The van der Waals surface area contributed by atoms with Gasteiger partial charge in [-0.3, -0.25) is 4.90 Å². The van der Waals surface area contributed by atoms with Crippen LogP contribution in [0.1, 0.15) is 9.88 Å². The zero-order chi connectivity index (χ0) is 10.7. The van der Waals surface area contributed by atoms with Crippen LogP contribution in [0.4, 0.5) is 5.13 Å². The second-order valence-electron chi connectivity index (χ2n) is 3.26. The first-order valence-electron chi connectivity index (χ1n) is 4.51. The molecule has 2 N–H and O–H groups in total. The Morgan fingerprint density at radius 2 is 2.27 bits per heavy atom. The van der Waals surface area contributed by atoms with Crippen LogP contribution in [0, 0.1) is 0 Å². The smallest absolute Gasteiger partial charge is 0.180 e. The topological polar surface area (TPSA) is 55.0 Å². The minimum absolute atomic E-state index is 0.632. The summed E-state index contributed by atoms with van der Waals surface area (Å²) in [6.07, 6.45) is 3.66. The molecule has 2 heterocycles. The van der Waals surface area contributed by atoms with Crippen LogP contribution in [0.5, 0.6) is 0 Å². The Hall–Kier alpha value is -0.980. The molecule has 0 aliphatic carbocycles. The molecule has 0 aromatic carbocycles. The van der Waals surface area contributed by atoms with E-state index in [9.17, 15) is 0 Å². The third-order valence-electron chi connectivity index (χ3n) is 1.89. The van der Waals surface area contributed by atoms with Crippen molar-refractivity contribution in [3.8, 4) is 0 Å². The number of nitrogen functional groups attached to an aromatic ring is 1. The molecule has 15 heavy (non-hydrogen) atoms. The fourth-order valence-electron chi connectivity index (χ4n) is 1.28. The van der Waals surface area contributed by atoms with Crippen LogP contribution < -0.4 is 5.73 Å². The van der Waals surface area contributed by atoms with E-state index in [0.717, 1.165) is 18.1 Å². The van der Waals surface area contributed by atoms with Crippen LogP contribution in [0.15, 0.2) is 17.8 Å². The fourth-order valence-corrected chi connectivity index (χ4v) is 2.74. The zero-order valence-corrected chi connectivity index (χ0v) is 10.0. The van der Waals surface area contributed by atoms with Crippen LogP contribution in [-0.2, 0) is 13.1 Å². The van der Waals surface area contributed by atoms with E-state index < -0.39 is 0 Å². The third-order valence-corrected chi connectivity index (χ3v) is 3.46. The molecule has 2 rings (SSSR count). The van der Waals surface area contributed by atoms with Gasteiger partial charge in [0.1, 0.15) is 5.01 Å². The van der Waals surface area contributed by atoms with E-state index in [1.165, 1.54) is 16.2 Å². The minimum atomic E-state index is 0.632. The van der Waals surface area contributed by atoms with Gasteiger partial charge in [-0.2, -0.15) is 0 Å². The van der Waals surface area contributed by atoms with E-state index in [1.54, 1.807) is 11.3 Å². The van der Waals surface area contributed by atoms with Crippen molar-refractivity contribution in [3.05, 3.63) is 27.7 Å². The second-order valence-corrected chi connectivity index (χ2v) is 5.39. The Labute approximate surface area is 96.4 Å². The summed E-state index contributed by atoms with van der Waals surface area (Å²) in [5.41, 5.74) is 5.57. The first-order chi connectivity index (χ1) is 7.24. The number of aromatic nitrogens is 2. The van der Waals surface area contributed by atoms with E-state index in [2.05, 4.69) is 21.9 Å². The lowest BCUT2D eigenvalue weighted by molar-refractivity contribution is 0.321. The summed E-state index contributed by atoms with van der Waals surface area (Å²) in [6.45, 7) is 1.74. The van der Waals surface area contributed by atoms with Gasteiger partial charge >= 0.3 is 0 Å². The van der Waals surface area contributed by atoms with Crippen molar-refractivity contribution in [2.45, 2.75) is 13.1 Å². The lowest BCUT2D eigenvalue weighted by Gasteiger charge is -2.12. The van der Waals surface area contributed by atoms with Crippen LogP contribution in [-0.4, -0.2) is 21.9 Å². The standard InChI is InChI=1S/C9H12N4S2/c1-13(6-8-11-2-3-14-8)5-7-4-12-9(10)15-7/h2-4H,5-6H2,1H3,(H2,10,12). The molecule has 0 aliphatic heterocycles. The highest BCUT2D eigenvalue weighted by Gasteiger charge is 2.05. The number of nitrogens with two attached hydrogens (primary N) is 1. The van der Waals surface area contributed by atoms with E-state index in [4.69, 9.17) is 5.73 Å². The quantitative estimate of drug-likeness (QED) is 0.885. The molecule has 0 saturated heterocycles. The van der Waals surface area contributed by atoms with Crippen molar-refractivity contribution < 1.29 is 0 Å². The maximum atomic E-state index is 5.57. The number of rotatable bonds is 4. The van der Waals surface area contributed by atoms with Crippen LogP contribution in [0.25, 0.3) is 0 Å². The molecule has 0 amide bonds. The van der Waals surface area contributed by atoms with Crippen molar-refractivity contribution in [3.63, 3.8) is 0 Å². The highest BCUT2D eigenvalue weighted by molar-refractivity contribution is 7.15. The maximum Gasteiger partial charge on any atom is 0.180 e. The number of hydrogen-bond donors (Lipinski definition) is 1. The highest BCUT2D eigenvalue weighted by Crippen LogP contribution is 2.17. The van der Waals surface area contributed by atoms with E-state index in [1.807, 2.05) is 17.8 Å². The van der Waals surface area contributed by atoms with Gasteiger partial charge in [0.15, 0.2) is 5.13 Å². The van der Waals surface area contributed by atoms with Crippen LogP contribution >= 0.6 is 22.7 Å². The second kappa shape index (κ2) is 4.69. The summed E-state index contributed by atoms with van der Waals surface area (Å²) in [4.78, 5) is 11.7. The molecule has 6 heteroatoms. The largest absolute Gasteiger partial charge is 0.375 e. The molecular weight excluding hydrogens is 228 g/mol. The molecule has 0 aliphatic rings. The first-order valence-corrected chi connectivity index (χ1v) is 6.21. The molecule has 80 valence electrons. The van der Waals surface area contributed by atoms with Gasteiger partial charge < -0.3 is 5.73 Å². The van der Waals surface area contributed by atoms with Crippen molar-refractivity contribution in [2.75, 3.05) is 12.8 Å². The predicted molar refractivity (Wildman–Crippen MR) is 63.8 cm³/mol. The molecule has 0 bridgehead atoms. The van der Waals surface area contributed by atoms with Crippen LogP contribution in [0.2, 0.25) is 0 Å². The van der Waals surface area contributed by atoms with Crippen LogP contribution in [0.3, 0.4) is 0 Å². The molecule has 2 aromatic rings. The van der Waals surface area contributed by atoms with Crippen molar-refractivity contribution in [1.29, 1.82) is 0 Å². The number of thiazole rings is 2. The SMILES string of the molecule is CN(Cc1cnc(N)s1)Cc1nccs1.